The number of aliphatic hydroxyl groups is 4. The van der Waals surface area contributed by atoms with Crippen molar-refractivity contribution >= 4 is 5.97 Å². The first kappa shape index (κ1) is 27.8. The predicted octanol–water partition coefficient (Wildman–Crippen LogP) is 0.233. The van der Waals surface area contributed by atoms with E-state index >= 15 is 0 Å². The molecular formula is C28H32O13. The van der Waals surface area contributed by atoms with E-state index in [1.165, 1.54) is 21.3 Å². The first-order valence-electron chi connectivity index (χ1n) is 13.2. The minimum absolute atomic E-state index is 0.0141. The monoisotopic (exact) mass is 576 g/mol. The van der Waals surface area contributed by atoms with Gasteiger partial charge in [-0.1, -0.05) is 0 Å². The van der Waals surface area contributed by atoms with E-state index in [0.717, 1.165) is 0 Å². The van der Waals surface area contributed by atoms with E-state index in [4.69, 9.17) is 37.9 Å². The Morgan fingerprint density at radius 1 is 0.854 bits per heavy atom. The second-order valence-corrected chi connectivity index (χ2v) is 10.3. The van der Waals surface area contributed by atoms with Crippen molar-refractivity contribution in [3.05, 3.63) is 41.0 Å². The molecule has 0 bridgehead atoms. The number of fused-ring (bicyclic) bond motifs is 3. The predicted molar refractivity (Wildman–Crippen MR) is 136 cm³/mol. The summed E-state index contributed by atoms with van der Waals surface area (Å²) in [5.74, 6) is -0.112. The molecule has 1 aliphatic carbocycles. The zero-order chi connectivity index (χ0) is 29.0. The first-order valence-corrected chi connectivity index (χ1v) is 13.2. The van der Waals surface area contributed by atoms with E-state index < -0.39 is 67.1 Å². The van der Waals surface area contributed by atoms with Crippen molar-refractivity contribution < 1.29 is 63.1 Å². The fraction of sp³-hybridized carbons (Fsp3) is 0.536. The lowest BCUT2D eigenvalue weighted by Crippen LogP contribution is -2.59. The van der Waals surface area contributed by atoms with Crippen molar-refractivity contribution in [3.8, 4) is 28.7 Å². The molecule has 2 fully saturated rings. The smallest absolute Gasteiger partial charge is 0.310 e. The van der Waals surface area contributed by atoms with Gasteiger partial charge in [0.15, 0.2) is 29.3 Å². The number of benzene rings is 2. The molecule has 6 rings (SSSR count). The molecule has 3 aliphatic heterocycles. The third-order valence-corrected chi connectivity index (χ3v) is 8.29. The zero-order valence-electron chi connectivity index (χ0n) is 22.6. The average molecular weight is 577 g/mol. The van der Waals surface area contributed by atoms with Crippen LogP contribution in [0, 0.1) is 11.8 Å². The van der Waals surface area contributed by atoms with Gasteiger partial charge in [-0.25, -0.2) is 0 Å². The van der Waals surface area contributed by atoms with Gasteiger partial charge in [-0.05, 0) is 41.0 Å². The van der Waals surface area contributed by atoms with Crippen molar-refractivity contribution in [2.75, 3.05) is 41.3 Å². The number of aliphatic hydroxyl groups excluding tert-OH is 4. The number of hydrogen-bond acceptors (Lipinski definition) is 13. The van der Waals surface area contributed by atoms with Crippen LogP contribution in [-0.2, 0) is 19.0 Å². The highest BCUT2D eigenvalue weighted by atomic mass is 16.7. The van der Waals surface area contributed by atoms with E-state index in [9.17, 15) is 25.2 Å². The van der Waals surface area contributed by atoms with E-state index in [0.29, 0.717) is 45.4 Å². The standard InChI is InChI=1S/C28H32O13/c1-34-17-4-11(5-18(35-2)26(17)36-3)20-12-6-15-16(39-10-38-15)7-13(12)25(14-9-37-27(33)21(14)20)41-28-24(32)23(31)22(30)19(8-29)40-28/h4-7,14,19-25,28-32H,8-10H2,1-3H3/t14?,19-,20-,21?,22-,23+,24-,25-,28+/m1/s1. The van der Waals surface area contributed by atoms with Gasteiger partial charge in [0, 0.05) is 11.8 Å². The Hall–Kier alpha value is -3.33. The lowest BCUT2D eigenvalue weighted by molar-refractivity contribution is -0.317. The van der Waals surface area contributed by atoms with Crippen LogP contribution in [0.2, 0.25) is 0 Å². The number of carbonyl (C=O) groups excluding carboxylic acids is 1. The molecular weight excluding hydrogens is 544 g/mol. The molecule has 0 aromatic heterocycles. The maximum absolute atomic E-state index is 13.4. The molecule has 9 atom stereocenters. The van der Waals surface area contributed by atoms with Gasteiger partial charge in [0.1, 0.15) is 24.4 Å². The summed E-state index contributed by atoms with van der Waals surface area (Å²) >= 11 is 0. The molecule has 41 heavy (non-hydrogen) atoms. The van der Waals surface area contributed by atoms with Gasteiger partial charge in [0.2, 0.25) is 12.5 Å². The van der Waals surface area contributed by atoms with E-state index in [-0.39, 0.29) is 13.4 Å². The largest absolute Gasteiger partial charge is 0.493 e. The molecule has 0 radical (unpaired) electrons. The van der Waals surface area contributed by atoms with Crippen molar-refractivity contribution in [2.45, 2.75) is 42.7 Å². The van der Waals surface area contributed by atoms with Crippen molar-refractivity contribution in [3.63, 3.8) is 0 Å². The fourth-order valence-electron chi connectivity index (χ4n) is 6.29. The van der Waals surface area contributed by atoms with Crippen LogP contribution in [0.3, 0.4) is 0 Å². The summed E-state index contributed by atoms with van der Waals surface area (Å²) in [6.45, 7) is -0.581. The molecule has 4 N–H and O–H groups in total. The Labute approximate surface area is 235 Å². The number of ether oxygens (including phenoxy) is 8. The molecule has 3 heterocycles. The maximum atomic E-state index is 13.4. The van der Waals surface area contributed by atoms with Gasteiger partial charge in [-0.15, -0.1) is 0 Å². The summed E-state index contributed by atoms with van der Waals surface area (Å²) in [6.07, 6.45) is -8.26. The Morgan fingerprint density at radius 3 is 2.12 bits per heavy atom. The summed E-state index contributed by atoms with van der Waals surface area (Å²) in [7, 11) is 4.51. The van der Waals surface area contributed by atoms with E-state index in [1.807, 2.05) is 0 Å². The lowest BCUT2D eigenvalue weighted by Gasteiger charge is -2.44. The summed E-state index contributed by atoms with van der Waals surface area (Å²) in [4.78, 5) is 13.4. The molecule has 2 aromatic carbocycles. The van der Waals surface area contributed by atoms with E-state index in [1.54, 1.807) is 24.3 Å². The topological polar surface area (TPSA) is 172 Å². The Kier molecular flexibility index (Phi) is 7.34. The molecule has 0 saturated carbocycles. The number of hydrogen-bond donors (Lipinski definition) is 4. The molecule has 13 nitrogen and oxygen atoms in total. The number of esters is 1. The van der Waals surface area contributed by atoms with E-state index in [2.05, 4.69) is 0 Å². The number of cyclic esters (lactones) is 1. The molecule has 2 saturated heterocycles. The Morgan fingerprint density at radius 2 is 1.51 bits per heavy atom. The fourth-order valence-corrected chi connectivity index (χ4v) is 6.29. The second-order valence-electron chi connectivity index (χ2n) is 10.3. The van der Waals surface area contributed by atoms with Crippen molar-refractivity contribution in [1.82, 2.24) is 0 Å². The van der Waals surface area contributed by atoms with Crippen LogP contribution in [-0.4, -0.2) is 98.4 Å². The third-order valence-electron chi connectivity index (χ3n) is 8.29. The number of methoxy groups -OCH3 is 3. The molecule has 222 valence electrons. The van der Waals surface area contributed by atoms with Gasteiger partial charge < -0.3 is 58.3 Å². The quantitative estimate of drug-likeness (QED) is 0.331. The molecule has 2 aromatic rings. The SMILES string of the molecule is COc1cc([C@@H]2c3cc4c(cc3[C@@H](O[C@@H]3O[C@H](CO)[C@@H](O)[C@H](O)[C@H]3O)C3COC(=O)C32)OCO4)cc(OC)c1OC. The van der Waals surface area contributed by atoms with Gasteiger partial charge in [-0.3, -0.25) is 4.79 Å². The summed E-state index contributed by atoms with van der Waals surface area (Å²) in [5.41, 5.74) is 2.00. The molecule has 0 amide bonds. The van der Waals surface area contributed by atoms with Crippen LogP contribution in [0.5, 0.6) is 28.7 Å². The summed E-state index contributed by atoms with van der Waals surface area (Å²) in [5, 5.41) is 41.0. The van der Waals surface area contributed by atoms with Crippen LogP contribution in [0.1, 0.15) is 28.7 Å². The average Bonchev–Trinajstić information content (AvgIpc) is 3.61. The van der Waals surface area contributed by atoms with Gasteiger partial charge >= 0.3 is 5.97 Å². The van der Waals surface area contributed by atoms with Gasteiger partial charge in [0.05, 0.1) is 46.6 Å². The second kappa shape index (κ2) is 10.8. The van der Waals surface area contributed by atoms with Crippen LogP contribution in [0.4, 0.5) is 0 Å². The maximum Gasteiger partial charge on any atom is 0.310 e. The molecule has 0 spiro atoms. The highest BCUT2D eigenvalue weighted by Gasteiger charge is 2.55. The third kappa shape index (κ3) is 4.44. The van der Waals surface area contributed by atoms with Crippen LogP contribution in [0.25, 0.3) is 0 Å². The minimum atomic E-state index is -1.63. The van der Waals surface area contributed by atoms with Crippen LogP contribution < -0.4 is 23.7 Å². The molecule has 4 aliphatic rings. The normalized spacial score (nSPS) is 33.5. The highest BCUT2D eigenvalue weighted by Crippen LogP contribution is 2.57. The van der Waals surface area contributed by atoms with Gasteiger partial charge in [0.25, 0.3) is 0 Å². The Bertz CT molecular complexity index is 1290. The molecule has 13 heteroatoms. The first-order chi connectivity index (χ1) is 19.8. The lowest BCUT2D eigenvalue weighted by atomic mass is 9.66. The number of rotatable bonds is 7. The van der Waals surface area contributed by atoms with Crippen LogP contribution in [0.15, 0.2) is 24.3 Å². The van der Waals surface area contributed by atoms with Crippen molar-refractivity contribution in [1.29, 1.82) is 0 Å². The van der Waals surface area contributed by atoms with Gasteiger partial charge in [-0.2, -0.15) is 0 Å². The highest BCUT2D eigenvalue weighted by molar-refractivity contribution is 5.79. The summed E-state index contributed by atoms with van der Waals surface area (Å²) in [6, 6.07) is 7.11. The molecule has 2 unspecified atom stereocenters. The van der Waals surface area contributed by atoms with Crippen LogP contribution >= 0.6 is 0 Å². The minimum Gasteiger partial charge on any atom is -0.493 e. The summed E-state index contributed by atoms with van der Waals surface area (Å²) < 4.78 is 45.5. The number of carbonyl (C=O) groups is 1. The zero-order valence-corrected chi connectivity index (χ0v) is 22.6. The van der Waals surface area contributed by atoms with Crippen molar-refractivity contribution in [2.24, 2.45) is 11.8 Å². The Balaban J connectivity index is 1.49.